The van der Waals surface area contributed by atoms with Crippen LogP contribution in [0.2, 0.25) is 0 Å². The van der Waals surface area contributed by atoms with Crippen LogP contribution in [0.15, 0.2) is 84.9 Å². The fraction of sp³-hybridized carbons (Fsp3) is 0.179. The van der Waals surface area contributed by atoms with E-state index in [-0.39, 0.29) is 0 Å². The Morgan fingerprint density at radius 3 is 2.13 bits per heavy atom. The highest BCUT2D eigenvalue weighted by Crippen LogP contribution is 2.31. The predicted molar refractivity (Wildman–Crippen MR) is 131 cm³/mol. The van der Waals surface area contributed by atoms with Gasteiger partial charge in [-0.3, -0.25) is 0 Å². The molecule has 0 radical (unpaired) electrons. The van der Waals surface area contributed by atoms with Gasteiger partial charge in [-0.25, -0.2) is 4.98 Å². The lowest BCUT2D eigenvalue weighted by atomic mass is 9.99. The molecule has 3 heteroatoms. The number of hydrogen-bond acceptors (Lipinski definition) is 2. The number of fused-ring (bicyclic) bond motifs is 3. The van der Waals surface area contributed by atoms with E-state index in [0.717, 1.165) is 49.1 Å². The van der Waals surface area contributed by atoms with E-state index in [0.29, 0.717) is 0 Å². The Hall–Kier alpha value is -3.43. The molecule has 0 bridgehead atoms. The van der Waals surface area contributed by atoms with E-state index in [1.165, 1.54) is 33.0 Å². The minimum atomic E-state index is 0.770. The van der Waals surface area contributed by atoms with Crippen LogP contribution < -0.4 is 5.73 Å². The number of aromatic nitrogens is 2. The molecule has 0 aliphatic heterocycles. The predicted octanol–water partition coefficient (Wildman–Crippen LogP) is 6.72. The Morgan fingerprint density at radius 2 is 1.35 bits per heavy atom. The molecule has 5 aromatic rings. The SMILES string of the molecule is NCCCCCc1ccc2c(n1)[nH]c1ccc(-c3ccc(-c4ccccc4)cc3)cc12. The van der Waals surface area contributed by atoms with Crippen molar-refractivity contribution in [2.75, 3.05) is 6.54 Å². The van der Waals surface area contributed by atoms with Crippen LogP contribution in [-0.2, 0) is 6.42 Å². The van der Waals surface area contributed by atoms with Crippen molar-refractivity contribution in [3.05, 3.63) is 90.6 Å². The Balaban J connectivity index is 1.43. The van der Waals surface area contributed by atoms with Gasteiger partial charge in [-0.2, -0.15) is 0 Å². The second-order valence-electron chi connectivity index (χ2n) is 8.13. The van der Waals surface area contributed by atoms with Crippen LogP contribution >= 0.6 is 0 Å². The molecule has 0 aliphatic rings. The maximum absolute atomic E-state index is 5.59. The average molecular weight is 406 g/mol. The first kappa shape index (κ1) is 19.5. The van der Waals surface area contributed by atoms with Crippen LogP contribution in [0, 0.1) is 0 Å². The lowest BCUT2D eigenvalue weighted by molar-refractivity contribution is 0.680. The number of hydrogen-bond donors (Lipinski definition) is 2. The number of unbranched alkanes of at least 4 members (excludes halogenated alkanes) is 2. The normalized spacial score (nSPS) is 11.4. The Bertz CT molecular complexity index is 1300. The molecule has 31 heavy (non-hydrogen) atoms. The maximum atomic E-state index is 5.59. The molecule has 5 rings (SSSR count). The summed E-state index contributed by atoms with van der Waals surface area (Å²) >= 11 is 0. The summed E-state index contributed by atoms with van der Waals surface area (Å²) in [5.74, 6) is 0. The second kappa shape index (κ2) is 8.75. The number of nitrogens with zero attached hydrogens (tertiary/aromatic N) is 1. The van der Waals surface area contributed by atoms with Gasteiger partial charge < -0.3 is 10.7 Å². The largest absolute Gasteiger partial charge is 0.339 e. The molecule has 154 valence electrons. The van der Waals surface area contributed by atoms with Crippen molar-refractivity contribution >= 4 is 21.9 Å². The standard InChI is InChI=1S/C28H27N3/c29-18-6-2-5-9-24-15-16-25-26-19-23(14-17-27(26)31-28(25)30-24)22-12-10-21(11-13-22)20-7-3-1-4-8-20/h1,3-4,7-8,10-17,19H,2,5-6,9,18,29H2,(H,30,31). The summed E-state index contributed by atoms with van der Waals surface area (Å²) < 4.78 is 0. The van der Waals surface area contributed by atoms with Crippen molar-refractivity contribution in [3.63, 3.8) is 0 Å². The summed E-state index contributed by atoms with van der Waals surface area (Å²) in [6.07, 6.45) is 4.39. The van der Waals surface area contributed by atoms with Gasteiger partial charge in [-0.15, -0.1) is 0 Å². The van der Waals surface area contributed by atoms with E-state index < -0.39 is 0 Å². The van der Waals surface area contributed by atoms with Gasteiger partial charge in [0.15, 0.2) is 0 Å². The first-order chi connectivity index (χ1) is 15.3. The number of aryl methyl sites for hydroxylation is 1. The van der Waals surface area contributed by atoms with Crippen LogP contribution in [0.4, 0.5) is 0 Å². The van der Waals surface area contributed by atoms with Crippen molar-refractivity contribution in [3.8, 4) is 22.3 Å². The number of nitrogens with one attached hydrogen (secondary N) is 1. The van der Waals surface area contributed by atoms with Crippen LogP contribution in [0.25, 0.3) is 44.2 Å². The summed E-state index contributed by atoms with van der Waals surface area (Å²) in [6, 6.07) is 30.3. The zero-order valence-corrected chi connectivity index (χ0v) is 17.6. The van der Waals surface area contributed by atoms with Crippen LogP contribution in [0.3, 0.4) is 0 Å². The third-order valence-corrected chi connectivity index (χ3v) is 5.98. The Labute approximate surface area is 183 Å². The number of nitrogens with two attached hydrogens (primary N) is 1. The number of pyridine rings is 1. The first-order valence-electron chi connectivity index (χ1n) is 11.1. The molecule has 0 unspecified atom stereocenters. The van der Waals surface area contributed by atoms with E-state index in [2.05, 4.69) is 83.8 Å². The monoisotopic (exact) mass is 405 g/mol. The molecule has 2 aromatic heterocycles. The third-order valence-electron chi connectivity index (χ3n) is 5.98. The molecule has 0 saturated carbocycles. The molecule has 0 fully saturated rings. The zero-order chi connectivity index (χ0) is 21.0. The van der Waals surface area contributed by atoms with Gasteiger partial charge in [0.05, 0.1) is 0 Å². The summed E-state index contributed by atoms with van der Waals surface area (Å²) in [7, 11) is 0. The summed E-state index contributed by atoms with van der Waals surface area (Å²) in [6.45, 7) is 0.770. The van der Waals surface area contributed by atoms with E-state index >= 15 is 0 Å². The molecule has 0 saturated heterocycles. The van der Waals surface area contributed by atoms with Crippen LogP contribution in [0.5, 0.6) is 0 Å². The van der Waals surface area contributed by atoms with E-state index in [9.17, 15) is 0 Å². The van der Waals surface area contributed by atoms with Crippen LogP contribution in [0.1, 0.15) is 25.0 Å². The van der Waals surface area contributed by atoms with Gasteiger partial charge in [-0.05, 0) is 72.3 Å². The quantitative estimate of drug-likeness (QED) is 0.295. The van der Waals surface area contributed by atoms with Gasteiger partial charge in [0, 0.05) is 22.0 Å². The first-order valence-corrected chi connectivity index (χ1v) is 11.1. The zero-order valence-electron chi connectivity index (χ0n) is 17.6. The summed E-state index contributed by atoms with van der Waals surface area (Å²) in [5, 5.41) is 2.41. The van der Waals surface area contributed by atoms with Gasteiger partial charge in [0.2, 0.25) is 0 Å². The Morgan fingerprint density at radius 1 is 0.645 bits per heavy atom. The smallest absolute Gasteiger partial charge is 0.138 e. The van der Waals surface area contributed by atoms with E-state index in [4.69, 9.17) is 10.7 Å². The van der Waals surface area contributed by atoms with Gasteiger partial charge in [0.25, 0.3) is 0 Å². The molecule has 0 amide bonds. The molecule has 0 spiro atoms. The minimum absolute atomic E-state index is 0.770. The van der Waals surface area contributed by atoms with E-state index in [1.807, 2.05) is 6.07 Å². The molecule has 2 heterocycles. The van der Waals surface area contributed by atoms with Gasteiger partial charge in [-0.1, -0.05) is 67.1 Å². The number of H-pyrrole nitrogens is 1. The topological polar surface area (TPSA) is 54.7 Å². The molecule has 0 aliphatic carbocycles. The Kier molecular flexibility index (Phi) is 5.51. The van der Waals surface area contributed by atoms with Gasteiger partial charge >= 0.3 is 0 Å². The maximum Gasteiger partial charge on any atom is 0.138 e. The minimum Gasteiger partial charge on any atom is -0.339 e. The second-order valence-corrected chi connectivity index (χ2v) is 8.13. The molecular formula is C28H27N3. The summed E-state index contributed by atoms with van der Waals surface area (Å²) in [5.41, 5.74) is 13.8. The number of aromatic amines is 1. The van der Waals surface area contributed by atoms with Crippen molar-refractivity contribution in [2.24, 2.45) is 5.73 Å². The van der Waals surface area contributed by atoms with Crippen molar-refractivity contribution in [2.45, 2.75) is 25.7 Å². The average Bonchev–Trinajstić information content (AvgIpc) is 3.19. The molecule has 3 nitrogen and oxygen atoms in total. The van der Waals surface area contributed by atoms with E-state index in [1.54, 1.807) is 0 Å². The molecule has 0 atom stereocenters. The fourth-order valence-electron chi connectivity index (χ4n) is 4.25. The third kappa shape index (κ3) is 4.10. The highest BCUT2D eigenvalue weighted by atomic mass is 14.9. The highest BCUT2D eigenvalue weighted by molar-refractivity contribution is 6.07. The fourth-order valence-corrected chi connectivity index (χ4v) is 4.25. The van der Waals surface area contributed by atoms with Gasteiger partial charge in [0.1, 0.15) is 5.65 Å². The molecule has 3 aromatic carbocycles. The molecular weight excluding hydrogens is 378 g/mol. The summed E-state index contributed by atoms with van der Waals surface area (Å²) in [4.78, 5) is 8.37. The van der Waals surface area contributed by atoms with Crippen molar-refractivity contribution in [1.82, 2.24) is 9.97 Å². The molecule has 3 N–H and O–H groups in total. The van der Waals surface area contributed by atoms with Crippen molar-refractivity contribution < 1.29 is 0 Å². The lowest BCUT2D eigenvalue weighted by Gasteiger charge is -2.05. The van der Waals surface area contributed by atoms with Crippen LogP contribution in [-0.4, -0.2) is 16.5 Å². The lowest BCUT2D eigenvalue weighted by Crippen LogP contribution is -1.98. The van der Waals surface area contributed by atoms with Crippen molar-refractivity contribution in [1.29, 1.82) is 0 Å². The number of benzene rings is 3. The highest BCUT2D eigenvalue weighted by Gasteiger charge is 2.09. The number of rotatable bonds is 7.